The third-order valence-corrected chi connectivity index (χ3v) is 3.66. The van der Waals surface area contributed by atoms with E-state index in [1.807, 2.05) is 6.07 Å². The minimum atomic E-state index is -1.14. The molecule has 1 aliphatic carbocycles. The summed E-state index contributed by atoms with van der Waals surface area (Å²) in [5.41, 5.74) is 0.500. The van der Waals surface area contributed by atoms with Crippen LogP contribution in [0.2, 0.25) is 0 Å². The summed E-state index contributed by atoms with van der Waals surface area (Å²) in [6.07, 6.45) is 3.87. The van der Waals surface area contributed by atoms with Gasteiger partial charge in [0.15, 0.2) is 0 Å². The van der Waals surface area contributed by atoms with Crippen molar-refractivity contribution >= 4 is 11.9 Å². The zero-order valence-corrected chi connectivity index (χ0v) is 13.4. The molecular formula is C13H16NNaO4. The minimum Gasteiger partial charge on any atom is -0.550 e. The molecule has 1 heterocycles. The number of carbonyl (C=O) groups excluding carboxylic acids is 2. The quantitative estimate of drug-likeness (QED) is 0.578. The van der Waals surface area contributed by atoms with E-state index in [0.29, 0.717) is 13.0 Å². The molecule has 0 unspecified atom stereocenters. The van der Waals surface area contributed by atoms with Gasteiger partial charge in [-0.1, -0.05) is 13.8 Å². The molecule has 1 aromatic heterocycles. The second kappa shape index (κ2) is 6.11. The van der Waals surface area contributed by atoms with Crippen molar-refractivity contribution in [1.29, 1.82) is 0 Å². The summed E-state index contributed by atoms with van der Waals surface area (Å²) in [5.74, 6) is -2.51. The Hall–Kier alpha value is -0.780. The molecule has 0 saturated heterocycles. The standard InChI is InChI=1S/C13H17NO4.Na/c1-13(2)9(10(13)12(16)17)11(15)14-5-3-8-4-6-18-7-8;/h4,6-7,9-10H,3,5H2,1-2H3,(H,14,15)(H,16,17);/q;+1/p-1/t9-,10+;/m1./s1. The molecule has 0 aliphatic heterocycles. The van der Waals surface area contributed by atoms with Gasteiger partial charge in [0.05, 0.1) is 18.4 Å². The molecule has 1 aromatic rings. The smallest absolute Gasteiger partial charge is 0.550 e. The van der Waals surface area contributed by atoms with E-state index in [0.717, 1.165) is 5.56 Å². The molecule has 6 heteroatoms. The van der Waals surface area contributed by atoms with Crippen molar-refractivity contribution in [2.75, 3.05) is 6.54 Å². The summed E-state index contributed by atoms with van der Waals surface area (Å²) in [6.45, 7) is 4.02. The fraction of sp³-hybridized carbons (Fsp3) is 0.538. The Labute approximate surface area is 134 Å². The van der Waals surface area contributed by atoms with Crippen molar-refractivity contribution in [2.45, 2.75) is 20.3 Å². The monoisotopic (exact) mass is 273 g/mol. The second-order valence-electron chi connectivity index (χ2n) is 5.27. The van der Waals surface area contributed by atoms with Gasteiger partial charge in [-0.05, 0) is 23.5 Å². The van der Waals surface area contributed by atoms with Crippen molar-refractivity contribution < 1.29 is 48.7 Å². The van der Waals surface area contributed by atoms with Crippen molar-refractivity contribution in [3.05, 3.63) is 24.2 Å². The van der Waals surface area contributed by atoms with E-state index in [2.05, 4.69) is 5.32 Å². The second-order valence-corrected chi connectivity index (χ2v) is 5.27. The maximum absolute atomic E-state index is 11.8. The Kier molecular flexibility index (Phi) is 5.24. The minimum absolute atomic E-state index is 0. The first kappa shape index (κ1) is 16.3. The first-order valence-electron chi connectivity index (χ1n) is 5.94. The Morgan fingerprint density at radius 1 is 1.42 bits per heavy atom. The van der Waals surface area contributed by atoms with Crippen LogP contribution in [0.4, 0.5) is 0 Å². The topological polar surface area (TPSA) is 82.4 Å². The zero-order valence-electron chi connectivity index (χ0n) is 11.4. The van der Waals surface area contributed by atoms with Gasteiger partial charge in [0, 0.05) is 18.4 Å². The van der Waals surface area contributed by atoms with E-state index in [1.165, 1.54) is 0 Å². The van der Waals surface area contributed by atoms with E-state index >= 15 is 0 Å². The van der Waals surface area contributed by atoms with E-state index in [1.54, 1.807) is 26.4 Å². The summed E-state index contributed by atoms with van der Waals surface area (Å²) < 4.78 is 4.91. The Morgan fingerprint density at radius 2 is 2.11 bits per heavy atom. The van der Waals surface area contributed by atoms with E-state index in [9.17, 15) is 14.7 Å². The summed E-state index contributed by atoms with van der Waals surface area (Å²) in [5, 5.41) is 13.6. The van der Waals surface area contributed by atoms with Crippen LogP contribution in [0.5, 0.6) is 0 Å². The van der Waals surface area contributed by atoms with E-state index < -0.39 is 23.2 Å². The van der Waals surface area contributed by atoms with Gasteiger partial charge in [0.25, 0.3) is 0 Å². The van der Waals surface area contributed by atoms with E-state index in [-0.39, 0.29) is 35.5 Å². The fourth-order valence-corrected chi connectivity index (χ4v) is 2.44. The maximum Gasteiger partial charge on any atom is 1.00 e. The average Bonchev–Trinajstić information content (AvgIpc) is 2.65. The SMILES string of the molecule is CC1(C)[C@H](C(=O)[O-])[C@@H]1C(=O)NCCc1ccoc1.[Na+]. The maximum atomic E-state index is 11.8. The molecule has 2 atom stereocenters. The third kappa shape index (κ3) is 3.41. The van der Waals surface area contributed by atoms with Crippen LogP contribution in [0.25, 0.3) is 0 Å². The van der Waals surface area contributed by atoms with Crippen molar-refractivity contribution in [2.24, 2.45) is 17.3 Å². The van der Waals surface area contributed by atoms with Crippen LogP contribution in [0.15, 0.2) is 23.0 Å². The number of nitrogens with one attached hydrogen (secondary N) is 1. The van der Waals surface area contributed by atoms with Crippen LogP contribution in [-0.4, -0.2) is 18.4 Å². The largest absolute Gasteiger partial charge is 1.00 e. The van der Waals surface area contributed by atoms with E-state index in [4.69, 9.17) is 4.42 Å². The number of carbonyl (C=O) groups is 2. The van der Waals surface area contributed by atoms with Crippen LogP contribution in [0.3, 0.4) is 0 Å². The predicted octanol–water partition coefficient (Wildman–Crippen LogP) is -3.04. The van der Waals surface area contributed by atoms with Crippen molar-refractivity contribution in [1.82, 2.24) is 5.32 Å². The molecule has 5 nitrogen and oxygen atoms in total. The molecule has 0 radical (unpaired) electrons. The molecule has 1 fully saturated rings. The van der Waals surface area contributed by atoms with Gasteiger partial charge >= 0.3 is 29.6 Å². The predicted molar refractivity (Wildman–Crippen MR) is 61.2 cm³/mol. The Balaban J connectivity index is 0.00000180. The Morgan fingerprint density at radius 3 is 2.58 bits per heavy atom. The first-order chi connectivity index (χ1) is 8.44. The number of amides is 1. The molecule has 0 bridgehead atoms. The van der Waals surface area contributed by atoms with Gasteiger partial charge in [0.2, 0.25) is 5.91 Å². The van der Waals surface area contributed by atoms with Gasteiger partial charge in [-0.25, -0.2) is 0 Å². The normalized spacial score (nSPS) is 23.3. The number of carboxylic acid groups (broad SMARTS) is 1. The van der Waals surface area contributed by atoms with Crippen LogP contribution < -0.4 is 40.0 Å². The molecule has 2 rings (SSSR count). The molecule has 0 spiro atoms. The summed E-state index contributed by atoms with van der Waals surface area (Å²) in [7, 11) is 0. The van der Waals surface area contributed by atoms with Crippen molar-refractivity contribution in [3.63, 3.8) is 0 Å². The molecule has 1 saturated carbocycles. The van der Waals surface area contributed by atoms with Gasteiger partial charge in [-0.15, -0.1) is 0 Å². The molecule has 1 aliphatic rings. The summed E-state index contributed by atoms with van der Waals surface area (Å²) >= 11 is 0. The number of aliphatic carboxylic acids is 1. The Bertz CT molecular complexity index is 455. The van der Waals surface area contributed by atoms with Gasteiger partial charge in [-0.3, -0.25) is 4.79 Å². The first-order valence-corrected chi connectivity index (χ1v) is 5.94. The van der Waals surface area contributed by atoms with Gasteiger partial charge < -0.3 is 19.6 Å². The molecule has 1 N–H and O–H groups in total. The molecule has 98 valence electrons. The zero-order chi connectivity index (χ0) is 13.3. The van der Waals surface area contributed by atoms with Gasteiger partial charge in [0.1, 0.15) is 0 Å². The molecular weight excluding hydrogens is 257 g/mol. The molecule has 0 aromatic carbocycles. The summed E-state index contributed by atoms with van der Waals surface area (Å²) in [6, 6.07) is 1.83. The molecule has 19 heavy (non-hydrogen) atoms. The number of hydrogen-bond acceptors (Lipinski definition) is 4. The van der Waals surface area contributed by atoms with Crippen molar-refractivity contribution in [3.8, 4) is 0 Å². The number of rotatable bonds is 5. The third-order valence-electron chi connectivity index (χ3n) is 3.66. The number of furan rings is 1. The molecule has 1 amide bonds. The van der Waals surface area contributed by atoms with Crippen LogP contribution in [0, 0.1) is 17.3 Å². The summed E-state index contributed by atoms with van der Waals surface area (Å²) in [4.78, 5) is 22.7. The number of hydrogen-bond donors (Lipinski definition) is 1. The van der Waals surface area contributed by atoms with Crippen LogP contribution >= 0.6 is 0 Å². The number of carboxylic acids is 1. The van der Waals surface area contributed by atoms with Crippen LogP contribution in [0.1, 0.15) is 19.4 Å². The van der Waals surface area contributed by atoms with Gasteiger partial charge in [-0.2, -0.15) is 0 Å². The average molecular weight is 273 g/mol. The fourth-order valence-electron chi connectivity index (χ4n) is 2.44. The van der Waals surface area contributed by atoms with Crippen LogP contribution in [-0.2, 0) is 16.0 Å².